The van der Waals surface area contributed by atoms with Crippen LogP contribution >= 0.6 is 0 Å². The highest BCUT2D eigenvalue weighted by Crippen LogP contribution is 2.08. The number of aromatic nitrogens is 2. The molecule has 0 aliphatic carbocycles. The molecule has 4 heteroatoms. The largest absolute Gasteiger partial charge is 0.269 e. The van der Waals surface area contributed by atoms with Crippen LogP contribution in [0.15, 0.2) is 23.6 Å². The van der Waals surface area contributed by atoms with Gasteiger partial charge in [-0.1, -0.05) is 0 Å². The van der Waals surface area contributed by atoms with Crippen LogP contribution in [-0.2, 0) is 0 Å². The van der Waals surface area contributed by atoms with E-state index in [9.17, 15) is 4.39 Å². The Hall–Kier alpha value is -1.58. The van der Waals surface area contributed by atoms with Crippen molar-refractivity contribution < 1.29 is 4.39 Å². The normalized spacial score (nSPS) is 12.4. The number of allylic oxidation sites excluding steroid dienone is 1. The van der Waals surface area contributed by atoms with Crippen molar-refractivity contribution in [2.45, 2.75) is 13.8 Å². The van der Waals surface area contributed by atoms with Crippen molar-refractivity contribution in [3.8, 4) is 0 Å². The number of hydrogen-bond acceptors (Lipinski definition) is 3. The minimum absolute atomic E-state index is 0.574. The molecular weight excluding hydrogens is 169 g/mol. The Kier molecular flexibility index (Phi) is 3.25. The van der Waals surface area contributed by atoms with Gasteiger partial charge in [0.2, 0.25) is 5.95 Å². The Labute approximate surface area is 76.1 Å². The first-order chi connectivity index (χ1) is 6.24. The third kappa shape index (κ3) is 2.74. The maximum absolute atomic E-state index is 12.4. The van der Waals surface area contributed by atoms with Crippen LogP contribution in [-0.4, -0.2) is 16.2 Å². The number of halogens is 1. The maximum atomic E-state index is 12.4. The van der Waals surface area contributed by atoms with E-state index >= 15 is 0 Å². The Bertz CT molecular complexity index is 327. The van der Waals surface area contributed by atoms with Crippen LogP contribution in [0.5, 0.6) is 0 Å². The molecule has 0 spiro atoms. The molecule has 0 atom stereocenters. The van der Waals surface area contributed by atoms with Crippen molar-refractivity contribution in [1.82, 2.24) is 9.97 Å². The van der Waals surface area contributed by atoms with Crippen molar-refractivity contribution in [3.05, 3.63) is 30.2 Å². The first kappa shape index (κ1) is 9.51. The Morgan fingerprint density at radius 3 is 2.77 bits per heavy atom. The molecule has 0 saturated carbocycles. The molecule has 3 nitrogen and oxygen atoms in total. The molecule has 0 fully saturated rings. The highest BCUT2D eigenvalue weighted by Gasteiger charge is 1.97. The smallest absolute Gasteiger partial charge is 0.231 e. The van der Waals surface area contributed by atoms with Gasteiger partial charge >= 0.3 is 0 Å². The van der Waals surface area contributed by atoms with E-state index in [0.29, 0.717) is 5.69 Å². The van der Waals surface area contributed by atoms with E-state index in [1.165, 1.54) is 6.20 Å². The second kappa shape index (κ2) is 4.45. The zero-order chi connectivity index (χ0) is 9.68. The molecular formula is C9H10FN3. The molecule has 0 bridgehead atoms. The first-order valence-corrected chi connectivity index (χ1v) is 3.86. The lowest BCUT2D eigenvalue weighted by Gasteiger charge is -1.96. The maximum Gasteiger partial charge on any atom is 0.231 e. The molecule has 0 aliphatic rings. The predicted molar refractivity (Wildman–Crippen MR) is 49.8 cm³/mol. The van der Waals surface area contributed by atoms with Gasteiger partial charge in [-0.05, 0) is 19.4 Å². The van der Waals surface area contributed by atoms with E-state index in [4.69, 9.17) is 0 Å². The van der Waals surface area contributed by atoms with Crippen LogP contribution < -0.4 is 0 Å². The second-order valence-corrected chi connectivity index (χ2v) is 2.44. The quantitative estimate of drug-likeness (QED) is 0.652. The summed E-state index contributed by atoms with van der Waals surface area (Å²) < 4.78 is 12.4. The number of rotatable bonds is 2. The summed E-state index contributed by atoms with van der Waals surface area (Å²) >= 11 is 0. The Morgan fingerprint density at radius 2 is 2.23 bits per heavy atom. The molecule has 0 amide bonds. The molecule has 1 rings (SSSR count). The van der Waals surface area contributed by atoms with Crippen molar-refractivity contribution in [1.29, 1.82) is 0 Å². The lowest BCUT2D eigenvalue weighted by Crippen LogP contribution is -1.90. The van der Waals surface area contributed by atoms with Gasteiger partial charge in [-0.3, -0.25) is 9.98 Å². The van der Waals surface area contributed by atoms with Crippen LogP contribution in [0.4, 0.5) is 4.39 Å². The van der Waals surface area contributed by atoms with Crippen molar-refractivity contribution in [2.75, 3.05) is 0 Å². The summed E-state index contributed by atoms with van der Waals surface area (Å²) in [5.74, 6) is -0.574. The second-order valence-electron chi connectivity index (χ2n) is 2.44. The molecule has 0 unspecified atom stereocenters. The van der Waals surface area contributed by atoms with Gasteiger partial charge in [-0.15, -0.1) is 0 Å². The van der Waals surface area contributed by atoms with E-state index in [0.717, 1.165) is 11.8 Å². The van der Waals surface area contributed by atoms with Gasteiger partial charge in [-0.2, -0.15) is 4.39 Å². The fraction of sp³-hybridized carbons (Fsp3) is 0.222. The predicted octanol–water partition coefficient (Wildman–Crippen LogP) is 2.07. The minimum atomic E-state index is -0.574. The topological polar surface area (TPSA) is 38.1 Å². The molecule has 0 aromatic carbocycles. The molecule has 0 N–H and O–H groups in total. The number of aliphatic imine (C=N–C) groups is 1. The summed E-state index contributed by atoms with van der Waals surface area (Å²) in [6.07, 6.45) is 5.79. The third-order valence-electron chi connectivity index (χ3n) is 1.44. The SMILES string of the molecule is CC=N/C=C(\C)c1cnc(F)cn1. The van der Waals surface area contributed by atoms with Crippen LogP contribution in [0.1, 0.15) is 19.5 Å². The molecule has 1 aromatic heterocycles. The van der Waals surface area contributed by atoms with Crippen molar-refractivity contribution in [2.24, 2.45) is 4.99 Å². The zero-order valence-electron chi connectivity index (χ0n) is 7.53. The van der Waals surface area contributed by atoms with Gasteiger partial charge < -0.3 is 0 Å². The van der Waals surface area contributed by atoms with Crippen LogP contribution in [0, 0.1) is 5.95 Å². The fourth-order valence-electron chi connectivity index (χ4n) is 0.768. The van der Waals surface area contributed by atoms with Crippen molar-refractivity contribution >= 4 is 11.8 Å². The monoisotopic (exact) mass is 179 g/mol. The summed E-state index contributed by atoms with van der Waals surface area (Å²) in [6.45, 7) is 3.66. The van der Waals surface area contributed by atoms with Gasteiger partial charge in [0.25, 0.3) is 0 Å². The van der Waals surface area contributed by atoms with E-state index in [1.807, 2.05) is 13.8 Å². The summed E-state index contributed by atoms with van der Waals surface area (Å²) in [5.41, 5.74) is 1.48. The van der Waals surface area contributed by atoms with Gasteiger partial charge in [0.15, 0.2) is 0 Å². The van der Waals surface area contributed by atoms with Gasteiger partial charge in [0.1, 0.15) is 0 Å². The van der Waals surface area contributed by atoms with Gasteiger partial charge in [0, 0.05) is 12.4 Å². The Morgan fingerprint density at radius 1 is 1.46 bits per heavy atom. The lowest BCUT2D eigenvalue weighted by molar-refractivity contribution is 0.576. The molecule has 1 heterocycles. The van der Waals surface area contributed by atoms with E-state index in [-0.39, 0.29) is 0 Å². The highest BCUT2D eigenvalue weighted by molar-refractivity contribution is 5.62. The van der Waals surface area contributed by atoms with Gasteiger partial charge in [0.05, 0.1) is 18.1 Å². The average molecular weight is 179 g/mol. The highest BCUT2D eigenvalue weighted by atomic mass is 19.1. The number of hydrogen-bond donors (Lipinski definition) is 0. The third-order valence-corrected chi connectivity index (χ3v) is 1.44. The summed E-state index contributed by atoms with van der Waals surface area (Å²) in [6, 6.07) is 0. The summed E-state index contributed by atoms with van der Waals surface area (Å²) in [4.78, 5) is 11.3. The van der Waals surface area contributed by atoms with E-state index < -0.39 is 5.95 Å². The van der Waals surface area contributed by atoms with Crippen LogP contribution in [0.3, 0.4) is 0 Å². The molecule has 0 radical (unpaired) electrons. The molecule has 13 heavy (non-hydrogen) atoms. The zero-order valence-corrected chi connectivity index (χ0v) is 7.53. The Balaban J connectivity index is 2.89. The summed E-state index contributed by atoms with van der Waals surface area (Å²) in [5, 5.41) is 0. The van der Waals surface area contributed by atoms with Crippen LogP contribution in [0.25, 0.3) is 5.57 Å². The van der Waals surface area contributed by atoms with E-state index in [2.05, 4.69) is 15.0 Å². The fourth-order valence-corrected chi connectivity index (χ4v) is 0.768. The molecule has 1 aromatic rings. The van der Waals surface area contributed by atoms with Crippen LogP contribution in [0.2, 0.25) is 0 Å². The standard InChI is InChI=1S/C9H10FN3/c1-3-11-4-7(2)8-5-13-9(10)6-12-8/h3-6H,1-2H3/b7-4+,11-3?. The molecule has 68 valence electrons. The average Bonchev–Trinajstić information content (AvgIpc) is 2.15. The molecule has 0 aliphatic heterocycles. The first-order valence-electron chi connectivity index (χ1n) is 3.86. The van der Waals surface area contributed by atoms with Crippen molar-refractivity contribution in [3.63, 3.8) is 0 Å². The lowest BCUT2D eigenvalue weighted by atomic mass is 10.2. The minimum Gasteiger partial charge on any atom is -0.269 e. The van der Waals surface area contributed by atoms with E-state index in [1.54, 1.807) is 12.4 Å². The molecule has 0 saturated heterocycles. The van der Waals surface area contributed by atoms with Gasteiger partial charge in [-0.25, -0.2) is 4.98 Å². The summed E-state index contributed by atoms with van der Waals surface area (Å²) in [7, 11) is 0. The number of nitrogens with zero attached hydrogens (tertiary/aromatic N) is 3.